The van der Waals surface area contributed by atoms with Gasteiger partial charge in [0.15, 0.2) is 0 Å². The lowest BCUT2D eigenvalue weighted by atomic mass is 9.96. The lowest BCUT2D eigenvalue weighted by Gasteiger charge is -2.30. The summed E-state index contributed by atoms with van der Waals surface area (Å²) >= 11 is 11.9. The van der Waals surface area contributed by atoms with Crippen molar-refractivity contribution in [3.8, 4) is 11.4 Å². The predicted molar refractivity (Wildman–Crippen MR) is 104 cm³/mol. The highest BCUT2D eigenvalue weighted by Crippen LogP contribution is 2.29. The number of halogens is 2. The molecule has 27 heavy (non-hydrogen) atoms. The molecule has 0 unspecified atom stereocenters. The Morgan fingerprint density at radius 1 is 1.04 bits per heavy atom. The topological polar surface area (TPSA) is 59.2 Å². The first kappa shape index (κ1) is 18.0. The van der Waals surface area contributed by atoms with E-state index in [9.17, 15) is 4.79 Å². The van der Waals surface area contributed by atoms with E-state index < -0.39 is 0 Å². The van der Waals surface area contributed by atoms with Crippen LogP contribution in [0.25, 0.3) is 11.4 Å². The fourth-order valence-electron chi connectivity index (χ4n) is 3.25. The number of hydrogen-bond donors (Lipinski definition) is 0. The molecule has 7 heteroatoms. The Morgan fingerprint density at radius 2 is 1.78 bits per heavy atom. The molecule has 3 aromatic rings. The van der Waals surface area contributed by atoms with Crippen LogP contribution in [0.3, 0.4) is 0 Å². The minimum Gasteiger partial charge on any atom is -0.339 e. The summed E-state index contributed by atoms with van der Waals surface area (Å²) in [5, 5.41) is 5.33. The minimum absolute atomic E-state index is 0.0234. The quantitative estimate of drug-likeness (QED) is 0.614. The summed E-state index contributed by atoms with van der Waals surface area (Å²) in [5.41, 5.74) is 1.48. The van der Waals surface area contributed by atoms with Crippen molar-refractivity contribution in [1.29, 1.82) is 0 Å². The number of carbonyl (C=O) groups is 1. The average Bonchev–Trinajstić information content (AvgIpc) is 3.18. The Bertz CT molecular complexity index is 948. The van der Waals surface area contributed by atoms with E-state index in [4.69, 9.17) is 27.7 Å². The van der Waals surface area contributed by atoms with Crippen LogP contribution in [0.4, 0.5) is 0 Å². The van der Waals surface area contributed by atoms with Gasteiger partial charge in [0, 0.05) is 40.2 Å². The van der Waals surface area contributed by atoms with E-state index in [1.54, 1.807) is 30.3 Å². The van der Waals surface area contributed by atoms with Crippen molar-refractivity contribution in [3.63, 3.8) is 0 Å². The molecule has 4 rings (SSSR count). The van der Waals surface area contributed by atoms with Crippen LogP contribution in [0.15, 0.2) is 53.1 Å². The standard InChI is InChI=1S/C20H17Cl2N3O2/c21-16-6-4-14(5-7-16)20(26)25-10-8-13(9-11-25)19-23-18(24-27-19)15-2-1-3-17(22)12-15/h1-7,12-13H,8-11H2. The van der Waals surface area contributed by atoms with E-state index in [-0.39, 0.29) is 11.8 Å². The normalized spacial score (nSPS) is 15.1. The van der Waals surface area contributed by atoms with Crippen LogP contribution in [0, 0.1) is 0 Å². The van der Waals surface area contributed by atoms with Gasteiger partial charge in [0.2, 0.25) is 11.7 Å². The van der Waals surface area contributed by atoms with E-state index in [0.29, 0.717) is 40.4 Å². The van der Waals surface area contributed by atoms with Crippen LogP contribution in [0.2, 0.25) is 10.0 Å². The van der Waals surface area contributed by atoms with E-state index in [1.807, 2.05) is 23.1 Å². The Kier molecular flexibility index (Phi) is 5.14. The van der Waals surface area contributed by atoms with Crippen molar-refractivity contribution in [2.75, 3.05) is 13.1 Å². The summed E-state index contributed by atoms with van der Waals surface area (Å²) in [7, 11) is 0. The highest BCUT2D eigenvalue weighted by molar-refractivity contribution is 6.31. The van der Waals surface area contributed by atoms with Gasteiger partial charge in [-0.3, -0.25) is 4.79 Å². The summed E-state index contributed by atoms with van der Waals surface area (Å²) in [6.07, 6.45) is 1.58. The second-order valence-electron chi connectivity index (χ2n) is 6.54. The molecule has 1 aliphatic heterocycles. The van der Waals surface area contributed by atoms with Gasteiger partial charge in [-0.05, 0) is 49.2 Å². The molecule has 0 bridgehead atoms. The number of carbonyl (C=O) groups excluding carboxylic acids is 1. The van der Waals surface area contributed by atoms with Gasteiger partial charge in [0.1, 0.15) is 0 Å². The highest BCUT2D eigenvalue weighted by atomic mass is 35.5. The monoisotopic (exact) mass is 401 g/mol. The second-order valence-corrected chi connectivity index (χ2v) is 7.41. The SMILES string of the molecule is O=C(c1ccc(Cl)cc1)N1CCC(c2nc(-c3cccc(Cl)c3)no2)CC1. The van der Waals surface area contributed by atoms with Gasteiger partial charge in [0.05, 0.1) is 0 Å². The number of benzene rings is 2. The Hall–Kier alpha value is -2.37. The van der Waals surface area contributed by atoms with E-state index in [1.165, 1.54) is 0 Å². The van der Waals surface area contributed by atoms with Crippen molar-refractivity contribution in [1.82, 2.24) is 15.0 Å². The first-order valence-electron chi connectivity index (χ1n) is 8.74. The minimum atomic E-state index is 0.0234. The van der Waals surface area contributed by atoms with Crippen molar-refractivity contribution in [3.05, 3.63) is 70.0 Å². The zero-order chi connectivity index (χ0) is 18.8. The Labute approximate surface area is 166 Å². The summed E-state index contributed by atoms with van der Waals surface area (Å²) in [6, 6.07) is 14.3. The van der Waals surface area contributed by atoms with Gasteiger partial charge in [0.25, 0.3) is 5.91 Å². The third-order valence-corrected chi connectivity index (χ3v) is 5.23. The second kappa shape index (κ2) is 7.71. The van der Waals surface area contributed by atoms with Gasteiger partial charge >= 0.3 is 0 Å². The number of aromatic nitrogens is 2. The number of rotatable bonds is 3. The molecule has 2 heterocycles. The molecule has 5 nitrogen and oxygen atoms in total. The molecular formula is C20H17Cl2N3O2. The maximum atomic E-state index is 12.6. The van der Waals surface area contributed by atoms with Gasteiger partial charge < -0.3 is 9.42 Å². The fourth-order valence-corrected chi connectivity index (χ4v) is 3.57. The van der Waals surface area contributed by atoms with Crippen LogP contribution in [0.5, 0.6) is 0 Å². The molecule has 1 aliphatic rings. The van der Waals surface area contributed by atoms with Gasteiger partial charge in [-0.2, -0.15) is 4.98 Å². The van der Waals surface area contributed by atoms with E-state index >= 15 is 0 Å². The zero-order valence-electron chi connectivity index (χ0n) is 14.4. The fraction of sp³-hybridized carbons (Fsp3) is 0.250. The molecule has 0 radical (unpaired) electrons. The van der Waals surface area contributed by atoms with Crippen LogP contribution in [0.1, 0.15) is 35.0 Å². The van der Waals surface area contributed by atoms with Crippen molar-refractivity contribution < 1.29 is 9.32 Å². The first-order valence-corrected chi connectivity index (χ1v) is 9.50. The van der Waals surface area contributed by atoms with Crippen LogP contribution < -0.4 is 0 Å². The molecule has 0 N–H and O–H groups in total. The van der Waals surface area contributed by atoms with Crippen molar-refractivity contribution in [2.45, 2.75) is 18.8 Å². The maximum Gasteiger partial charge on any atom is 0.253 e. The van der Waals surface area contributed by atoms with E-state index in [2.05, 4.69) is 10.1 Å². The molecule has 0 atom stereocenters. The third kappa shape index (κ3) is 3.99. The van der Waals surface area contributed by atoms with E-state index in [0.717, 1.165) is 18.4 Å². The van der Waals surface area contributed by atoms with Crippen LogP contribution >= 0.6 is 23.2 Å². The molecule has 1 fully saturated rings. The molecule has 0 spiro atoms. The van der Waals surface area contributed by atoms with Gasteiger partial charge in [-0.15, -0.1) is 0 Å². The molecule has 1 amide bonds. The highest BCUT2D eigenvalue weighted by Gasteiger charge is 2.28. The van der Waals surface area contributed by atoms with Crippen molar-refractivity contribution in [2.24, 2.45) is 0 Å². The Morgan fingerprint density at radius 3 is 2.48 bits per heavy atom. The third-order valence-electron chi connectivity index (χ3n) is 4.75. The molecule has 1 aromatic heterocycles. The molecule has 1 saturated heterocycles. The first-order chi connectivity index (χ1) is 13.1. The van der Waals surface area contributed by atoms with Gasteiger partial charge in [-0.1, -0.05) is 40.5 Å². The van der Waals surface area contributed by atoms with Crippen LogP contribution in [-0.4, -0.2) is 34.0 Å². The molecule has 138 valence electrons. The Balaban J connectivity index is 1.41. The zero-order valence-corrected chi connectivity index (χ0v) is 16.0. The van der Waals surface area contributed by atoms with Gasteiger partial charge in [-0.25, -0.2) is 0 Å². The number of hydrogen-bond acceptors (Lipinski definition) is 4. The molecule has 2 aromatic carbocycles. The number of amides is 1. The molecular weight excluding hydrogens is 385 g/mol. The summed E-state index contributed by atoms with van der Waals surface area (Å²) in [4.78, 5) is 19.0. The predicted octanol–water partition coefficient (Wildman–Crippen LogP) is 5.06. The lowest BCUT2D eigenvalue weighted by Crippen LogP contribution is -2.37. The number of piperidine rings is 1. The summed E-state index contributed by atoms with van der Waals surface area (Å²) in [6.45, 7) is 1.31. The lowest BCUT2D eigenvalue weighted by molar-refractivity contribution is 0.0704. The summed E-state index contributed by atoms with van der Waals surface area (Å²) < 4.78 is 5.47. The van der Waals surface area contributed by atoms with Crippen molar-refractivity contribution >= 4 is 29.1 Å². The largest absolute Gasteiger partial charge is 0.339 e. The average molecular weight is 402 g/mol. The maximum absolute atomic E-state index is 12.6. The smallest absolute Gasteiger partial charge is 0.253 e. The number of nitrogens with zero attached hydrogens (tertiary/aromatic N) is 3. The molecule has 0 aliphatic carbocycles. The number of likely N-dealkylation sites (tertiary alicyclic amines) is 1. The summed E-state index contributed by atoms with van der Waals surface area (Å²) in [5.74, 6) is 1.32. The molecule has 0 saturated carbocycles. The van der Waals surface area contributed by atoms with Crippen LogP contribution in [-0.2, 0) is 0 Å².